The van der Waals surface area contributed by atoms with Crippen LogP contribution in [-0.4, -0.2) is 65.4 Å². The molecule has 1 N–H and O–H groups in total. The van der Waals surface area contributed by atoms with Crippen LogP contribution in [0.3, 0.4) is 0 Å². The van der Waals surface area contributed by atoms with E-state index >= 15 is 0 Å². The maximum absolute atomic E-state index is 13.2. The fourth-order valence-corrected chi connectivity index (χ4v) is 5.93. The molecule has 2 bridgehead atoms. The number of fused-ring (bicyclic) bond motifs is 4. The molecule has 3 saturated heterocycles. The first-order valence-corrected chi connectivity index (χ1v) is 11.6. The van der Waals surface area contributed by atoms with Gasteiger partial charge in [-0.3, -0.25) is 9.59 Å². The molecule has 0 aromatic carbocycles. The summed E-state index contributed by atoms with van der Waals surface area (Å²) in [7, 11) is 1.21. The van der Waals surface area contributed by atoms with Gasteiger partial charge in [-0.05, 0) is 52.4 Å². The van der Waals surface area contributed by atoms with Gasteiger partial charge in [-0.1, -0.05) is 6.92 Å². The summed E-state index contributed by atoms with van der Waals surface area (Å²) in [5, 5.41) is 11.7. The largest absolute Gasteiger partial charge is 0.468 e. The highest BCUT2D eigenvalue weighted by Crippen LogP contribution is 2.53. The van der Waals surface area contributed by atoms with Gasteiger partial charge in [0.15, 0.2) is 0 Å². The zero-order valence-corrected chi connectivity index (χ0v) is 20.1. The molecule has 4 aliphatic rings. The van der Waals surface area contributed by atoms with E-state index in [0.717, 1.165) is 19.3 Å². The van der Waals surface area contributed by atoms with Crippen molar-refractivity contribution in [1.29, 1.82) is 0 Å². The number of epoxide rings is 1. The minimum Gasteiger partial charge on any atom is -0.468 e. The van der Waals surface area contributed by atoms with Crippen LogP contribution in [0.25, 0.3) is 0 Å². The summed E-state index contributed by atoms with van der Waals surface area (Å²) in [4.78, 5) is 38.1. The summed E-state index contributed by atoms with van der Waals surface area (Å²) in [6, 6.07) is 0. The molecule has 33 heavy (non-hydrogen) atoms. The van der Waals surface area contributed by atoms with Crippen molar-refractivity contribution in [2.24, 2.45) is 11.8 Å². The summed E-state index contributed by atoms with van der Waals surface area (Å²) in [5.74, 6) is -5.27. The number of esters is 3. The number of hydrogen-bond acceptors (Lipinski definition) is 9. The molecule has 0 aromatic rings. The predicted octanol–water partition coefficient (Wildman–Crippen LogP) is 2.18. The fourth-order valence-electron chi connectivity index (χ4n) is 5.93. The Bertz CT molecular complexity index is 896. The lowest BCUT2D eigenvalue weighted by molar-refractivity contribution is -0.202. The van der Waals surface area contributed by atoms with Gasteiger partial charge in [0.05, 0.1) is 24.9 Å². The number of carbonyl (C=O) groups is 3. The van der Waals surface area contributed by atoms with Gasteiger partial charge >= 0.3 is 17.9 Å². The van der Waals surface area contributed by atoms with Crippen LogP contribution in [0.5, 0.6) is 0 Å². The second kappa shape index (κ2) is 8.06. The first-order valence-electron chi connectivity index (χ1n) is 11.6. The topological polar surface area (TPSA) is 121 Å². The molecule has 0 aromatic heterocycles. The Morgan fingerprint density at radius 2 is 1.82 bits per heavy atom. The Morgan fingerprint density at radius 3 is 2.45 bits per heavy atom. The van der Waals surface area contributed by atoms with Crippen molar-refractivity contribution in [3.8, 4) is 0 Å². The quantitative estimate of drug-likeness (QED) is 0.371. The van der Waals surface area contributed by atoms with Gasteiger partial charge in [0, 0.05) is 24.5 Å². The summed E-state index contributed by atoms with van der Waals surface area (Å²) in [6.45, 7) is 8.52. The molecular weight excluding hydrogens is 432 g/mol. The fraction of sp³-hybridized carbons (Fsp3) is 0.792. The third-order valence-electron chi connectivity index (χ3n) is 7.85. The van der Waals surface area contributed by atoms with E-state index in [1.54, 1.807) is 6.92 Å². The third kappa shape index (κ3) is 4.08. The highest BCUT2D eigenvalue weighted by molar-refractivity contribution is 5.94. The smallest absolute Gasteiger partial charge is 0.336 e. The molecule has 4 aliphatic heterocycles. The highest BCUT2D eigenvalue weighted by atomic mass is 16.7. The summed E-state index contributed by atoms with van der Waals surface area (Å²) >= 11 is 0. The zero-order valence-electron chi connectivity index (χ0n) is 20.1. The molecule has 8 atom stereocenters. The molecule has 4 heterocycles. The van der Waals surface area contributed by atoms with E-state index in [0.29, 0.717) is 6.42 Å². The molecule has 0 aliphatic carbocycles. The van der Waals surface area contributed by atoms with E-state index in [4.69, 9.17) is 23.7 Å². The van der Waals surface area contributed by atoms with Crippen molar-refractivity contribution < 1.29 is 43.2 Å². The number of methoxy groups -OCH3 is 1. The summed E-state index contributed by atoms with van der Waals surface area (Å²) < 4.78 is 28.7. The van der Waals surface area contributed by atoms with Gasteiger partial charge in [-0.25, -0.2) is 4.79 Å². The van der Waals surface area contributed by atoms with Gasteiger partial charge < -0.3 is 28.8 Å². The third-order valence-corrected chi connectivity index (χ3v) is 7.85. The van der Waals surface area contributed by atoms with Crippen LogP contribution in [0.1, 0.15) is 66.7 Å². The van der Waals surface area contributed by atoms with Gasteiger partial charge in [0.25, 0.3) is 0 Å². The van der Waals surface area contributed by atoms with E-state index in [1.165, 1.54) is 21.0 Å². The van der Waals surface area contributed by atoms with Crippen LogP contribution in [0, 0.1) is 11.8 Å². The summed E-state index contributed by atoms with van der Waals surface area (Å²) in [5.41, 5.74) is -1.62. The molecule has 0 saturated carbocycles. The molecule has 5 unspecified atom stereocenters. The highest BCUT2D eigenvalue weighted by Gasteiger charge is 2.64. The Hall–Kier alpha value is -1.97. The van der Waals surface area contributed by atoms with Gasteiger partial charge in [-0.2, -0.15) is 0 Å². The van der Waals surface area contributed by atoms with Gasteiger partial charge in [0.2, 0.25) is 5.79 Å². The van der Waals surface area contributed by atoms with E-state index in [1.807, 2.05) is 6.92 Å². The second-order valence-corrected chi connectivity index (χ2v) is 10.4. The minimum absolute atomic E-state index is 0.0429. The summed E-state index contributed by atoms with van der Waals surface area (Å²) in [6.07, 6.45) is 1.50. The lowest BCUT2D eigenvalue weighted by Crippen LogP contribution is -2.53. The Kier molecular flexibility index (Phi) is 5.90. The van der Waals surface area contributed by atoms with Crippen LogP contribution in [0.15, 0.2) is 11.1 Å². The van der Waals surface area contributed by atoms with Crippen LogP contribution in [0.2, 0.25) is 0 Å². The maximum Gasteiger partial charge on any atom is 0.336 e. The van der Waals surface area contributed by atoms with Crippen molar-refractivity contribution in [2.75, 3.05) is 7.11 Å². The molecule has 9 nitrogen and oxygen atoms in total. The van der Waals surface area contributed by atoms with Crippen molar-refractivity contribution in [3.63, 3.8) is 0 Å². The monoisotopic (exact) mass is 466 g/mol. The molecular formula is C24H34O9. The molecule has 0 radical (unpaired) electrons. The van der Waals surface area contributed by atoms with Crippen molar-refractivity contribution in [1.82, 2.24) is 0 Å². The molecule has 9 heteroatoms. The van der Waals surface area contributed by atoms with Crippen molar-refractivity contribution in [3.05, 3.63) is 11.1 Å². The predicted molar refractivity (Wildman–Crippen MR) is 114 cm³/mol. The molecule has 0 amide bonds. The lowest BCUT2D eigenvalue weighted by atomic mass is 9.75. The molecule has 3 fully saturated rings. The lowest BCUT2D eigenvalue weighted by Gasteiger charge is -2.40. The number of aliphatic hydroxyl groups is 1. The Morgan fingerprint density at radius 1 is 1.12 bits per heavy atom. The Balaban J connectivity index is 1.88. The zero-order chi connectivity index (χ0) is 24.3. The molecule has 184 valence electrons. The van der Waals surface area contributed by atoms with Crippen LogP contribution in [0.4, 0.5) is 0 Å². The Labute approximate surface area is 193 Å². The number of ether oxygens (including phenoxy) is 5. The van der Waals surface area contributed by atoms with E-state index in [-0.39, 0.29) is 35.7 Å². The SMILES string of the molecule is COC(=O)C1C2=C(C)C(=O)OC2(O)C[C@@]2(C)OC2CC[C@H](C)C2CC[C@](C)(O2)C1OC(C)=O. The van der Waals surface area contributed by atoms with Crippen LogP contribution >= 0.6 is 0 Å². The van der Waals surface area contributed by atoms with Gasteiger partial charge in [0.1, 0.15) is 17.6 Å². The first kappa shape index (κ1) is 24.2. The van der Waals surface area contributed by atoms with Crippen molar-refractivity contribution in [2.45, 2.75) is 102 Å². The normalized spacial score (nSPS) is 45.1. The van der Waals surface area contributed by atoms with Crippen molar-refractivity contribution >= 4 is 17.9 Å². The van der Waals surface area contributed by atoms with Crippen LogP contribution in [-0.2, 0) is 38.1 Å². The first-order chi connectivity index (χ1) is 15.3. The van der Waals surface area contributed by atoms with E-state index in [9.17, 15) is 19.5 Å². The second-order valence-electron chi connectivity index (χ2n) is 10.4. The number of rotatable bonds is 2. The number of carbonyl (C=O) groups excluding carboxylic acids is 3. The number of hydrogen-bond donors (Lipinski definition) is 1. The van der Waals surface area contributed by atoms with E-state index < -0.39 is 46.9 Å². The molecule has 4 rings (SSSR count). The average molecular weight is 467 g/mol. The van der Waals surface area contributed by atoms with Gasteiger partial charge in [-0.15, -0.1) is 0 Å². The van der Waals surface area contributed by atoms with E-state index in [2.05, 4.69) is 6.92 Å². The minimum atomic E-state index is -2.10. The molecule has 0 spiro atoms. The maximum atomic E-state index is 13.2. The van der Waals surface area contributed by atoms with Crippen LogP contribution < -0.4 is 0 Å². The average Bonchev–Trinajstić information content (AvgIpc) is 3.07. The standard InChI is InChI=1S/C24H34O9/c1-12-7-8-16-23(5,32-16)11-24(28)18(13(2)20(26)33-24)17(21(27)29-6)19(30-14(3)25)22(4)10-9-15(12)31-22/h12,15-17,19,28H,7-11H2,1-6H3/t12-,15?,16?,17?,19?,22-,23+,24?/m0/s1.